The minimum atomic E-state index is -4.43. The SMILES string of the molecule is Cc1ccccc1-n1cnnc1S[C@H](C)C(=O)NCC(F)(F)F. The average molecular weight is 344 g/mol. The van der Waals surface area contributed by atoms with Crippen LogP contribution in [0.1, 0.15) is 12.5 Å². The van der Waals surface area contributed by atoms with E-state index in [0.29, 0.717) is 5.16 Å². The lowest BCUT2D eigenvalue weighted by Crippen LogP contribution is -2.38. The fraction of sp³-hybridized carbons (Fsp3) is 0.357. The van der Waals surface area contributed by atoms with E-state index >= 15 is 0 Å². The van der Waals surface area contributed by atoms with Gasteiger partial charge in [-0.1, -0.05) is 30.0 Å². The molecule has 0 saturated heterocycles. The predicted octanol–water partition coefficient (Wildman–Crippen LogP) is 2.73. The molecule has 23 heavy (non-hydrogen) atoms. The monoisotopic (exact) mass is 344 g/mol. The first kappa shape index (κ1) is 17.3. The Labute approximate surface area is 135 Å². The molecule has 0 spiro atoms. The molecule has 0 fully saturated rings. The van der Waals surface area contributed by atoms with Crippen molar-refractivity contribution in [2.45, 2.75) is 30.4 Å². The highest BCUT2D eigenvalue weighted by Gasteiger charge is 2.29. The van der Waals surface area contributed by atoms with Crippen molar-refractivity contribution in [3.8, 4) is 5.69 Å². The number of aromatic nitrogens is 3. The zero-order valence-corrected chi connectivity index (χ0v) is 13.3. The molecule has 0 radical (unpaired) electrons. The van der Waals surface area contributed by atoms with Crippen molar-refractivity contribution in [2.24, 2.45) is 0 Å². The maximum absolute atomic E-state index is 12.1. The second-order valence-corrected chi connectivity index (χ2v) is 6.17. The van der Waals surface area contributed by atoms with Gasteiger partial charge in [-0.3, -0.25) is 9.36 Å². The second-order valence-electron chi connectivity index (χ2n) is 4.86. The number of para-hydroxylation sites is 1. The minimum Gasteiger partial charge on any atom is -0.346 e. The van der Waals surface area contributed by atoms with Crippen molar-refractivity contribution in [1.29, 1.82) is 0 Å². The lowest BCUT2D eigenvalue weighted by atomic mass is 10.2. The van der Waals surface area contributed by atoms with E-state index in [0.717, 1.165) is 23.0 Å². The smallest absolute Gasteiger partial charge is 0.346 e. The molecule has 1 atom stereocenters. The number of aryl methyl sites for hydroxylation is 1. The molecule has 2 aromatic rings. The van der Waals surface area contributed by atoms with Crippen molar-refractivity contribution < 1.29 is 18.0 Å². The Morgan fingerprint density at radius 2 is 2.09 bits per heavy atom. The van der Waals surface area contributed by atoms with Gasteiger partial charge in [0.2, 0.25) is 5.91 Å². The Kier molecular flexibility index (Phi) is 5.30. The molecule has 0 saturated carbocycles. The van der Waals surface area contributed by atoms with Crippen LogP contribution in [0.3, 0.4) is 0 Å². The number of rotatable bonds is 5. The maximum atomic E-state index is 12.1. The van der Waals surface area contributed by atoms with Crippen LogP contribution in [0.2, 0.25) is 0 Å². The molecule has 0 aliphatic heterocycles. The highest BCUT2D eigenvalue weighted by molar-refractivity contribution is 8.00. The van der Waals surface area contributed by atoms with Crippen LogP contribution in [0, 0.1) is 6.92 Å². The second kappa shape index (κ2) is 7.03. The first-order valence-corrected chi connectivity index (χ1v) is 7.63. The van der Waals surface area contributed by atoms with E-state index in [-0.39, 0.29) is 0 Å². The molecule has 5 nitrogen and oxygen atoms in total. The zero-order valence-electron chi connectivity index (χ0n) is 12.5. The molecule has 1 aromatic carbocycles. The Morgan fingerprint density at radius 1 is 1.39 bits per heavy atom. The van der Waals surface area contributed by atoms with Crippen LogP contribution in [-0.2, 0) is 4.79 Å². The predicted molar refractivity (Wildman–Crippen MR) is 80.5 cm³/mol. The van der Waals surface area contributed by atoms with Gasteiger partial charge in [-0.15, -0.1) is 10.2 Å². The fourth-order valence-electron chi connectivity index (χ4n) is 1.85. The summed E-state index contributed by atoms with van der Waals surface area (Å²) in [7, 11) is 0. The lowest BCUT2D eigenvalue weighted by molar-refractivity contribution is -0.137. The van der Waals surface area contributed by atoms with Crippen LogP contribution in [0.4, 0.5) is 13.2 Å². The number of nitrogens with one attached hydrogen (secondary N) is 1. The molecule has 124 valence electrons. The van der Waals surface area contributed by atoms with E-state index in [1.165, 1.54) is 13.3 Å². The van der Waals surface area contributed by atoms with Crippen LogP contribution in [0.25, 0.3) is 5.69 Å². The van der Waals surface area contributed by atoms with Crippen LogP contribution in [0.5, 0.6) is 0 Å². The summed E-state index contributed by atoms with van der Waals surface area (Å²) >= 11 is 1.05. The summed E-state index contributed by atoms with van der Waals surface area (Å²) in [5, 5.41) is 9.33. The van der Waals surface area contributed by atoms with Gasteiger partial charge in [0.05, 0.1) is 10.9 Å². The lowest BCUT2D eigenvalue weighted by Gasteiger charge is -2.14. The molecular formula is C14H15F3N4OS. The third-order valence-electron chi connectivity index (χ3n) is 3.01. The summed E-state index contributed by atoms with van der Waals surface area (Å²) in [4.78, 5) is 11.7. The van der Waals surface area contributed by atoms with Gasteiger partial charge in [0.15, 0.2) is 5.16 Å². The Balaban J connectivity index is 2.08. The highest BCUT2D eigenvalue weighted by Crippen LogP contribution is 2.25. The summed E-state index contributed by atoms with van der Waals surface area (Å²) < 4.78 is 38.1. The molecule has 0 aliphatic carbocycles. The Hall–Kier alpha value is -2.03. The van der Waals surface area contributed by atoms with Gasteiger partial charge in [0, 0.05) is 0 Å². The van der Waals surface area contributed by atoms with E-state index in [9.17, 15) is 18.0 Å². The number of nitrogens with zero attached hydrogens (tertiary/aromatic N) is 3. The van der Waals surface area contributed by atoms with E-state index in [1.807, 2.05) is 36.5 Å². The van der Waals surface area contributed by atoms with Crippen LogP contribution in [0.15, 0.2) is 35.7 Å². The largest absolute Gasteiger partial charge is 0.405 e. The zero-order chi connectivity index (χ0) is 17.0. The van der Waals surface area contributed by atoms with Crippen LogP contribution in [-0.4, -0.2) is 38.6 Å². The number of hydrogen-bond donors (Lipinski definition) is 1. The highest BCUT2D eigenvalue weighted by atomic mass is 32.2. The molecule has 1 heterocycles. The molecular weight excluding hydrogens is 329 g/mol. The number of carbonyl (C=O) groups is 1. The number of hydrogen-bond acceptors (Lipinski definition) is 4. The van der Waals surface area contributed by atoms with Crippen molar-refractivity contribution in [3.63, 3.8) is 0 Å². The van der Waals surface area contributed by atoms with E-state index in [2.05, 4.69) is 10.2 Å². The standard InChI is InChI=1S/C14H15F3N4OS/c1-9-5-3-4-6-11(9)21-8-19-20-13(21)23-10(2)12(22)18-7-14(15,16)17/h3-6,8,10H,7H2,1-2H3,(H,18,22)/t10-/m1/s1. The van der Waals surface area contributed by atoms with Gasteiger partial charge < -0.3 is 5.32 Å². The number of alkyl halides is 3. The fourth-order valence-corrected chi connectivity index (χ4v) is 2.71. The van der Waals surface area contributed by atoms with Crippen LogP contribution < -0.4 is 5.32 Å². The quantitative estimate of drug-likeness (QED) is 0.848. The molecule has 2 rings (SSSR count). The molecule has 0 aliphatic rings. The number of carbonyl (C=O) groups excluding carboxylic acids is 1. The van der Waals surface area contributed by atoms with Gasteiger partial charge in [0.1, 0.15) is 12.9 Å². The normalized spacial score (nSPS) is 12.9. The van der Waals surface area contributed by atoms with E-state index < -0.39 is 23.9 Å². The summed E-state index contributed by atoms with van der Waals surface area (Å²) in [6.45, 7) is 2.09. The van der Waals surface area contributed by atoms with Crippen molar-refractivity contribution in [3.05, 3.63) is 36.2 Å². The Bertz CT molecular complexity index is 687. The molecule has 1 amide bonds. The molecule has 1 aromatic heterocycles. The number of benzene rings is 1. The average Bonchev–Trinajstić information content (AvgIpc) is 2.92. The third kappa shape index (κ3) is 4.72. The van der Waals surface area contributed by atoms with Gasteiger partial charge >= 0.3 is 6.18 Å². The summed E-state index contributed by atoms with van der Waals surface area (Å²) in [5.74, 6) is -0.702. The summed E-state index contributed by atoms with van der Waals surface area (Å²) in [5.41, 5.74) is 1.84. The maximum Gasteiger partial charge on any atom is 0.405 e. The van der Waals surface area contributed by atoms with Crippen molar-refractivity contribution in [1.82, 2.24) is 20.1 Å². The number of thioether (sulfide) groups is 1. The minimum absolute atomic E-state index is 0.439. The third-order valence-corrected chi connectivity index (χ3v) is 4.06. The Morgan fingerprint density at radius 3 is 2.74 bits per heavy atom. The van der Waals surface area contributed by atoms with Gasteiger partial charge in [-0.25, -0.2) is 0 Å². The van der Waals surface area contributed by atoms with Gasteiger partial charge in [0.25, 0.3) is 0 Å². The van der Waals surface area contributed by atoms with E-state index in [1.54, 1.807) is 4.57 Å². The van der Waals surface area contributed by atoms with E-state index in [4.69, 9.17) is 0 Å². The summed E-state index contributed by atoms with van der Waals surface area (Å²) in [6, 6.07) is 7.54. The van der Waals surface area contributed by atoms with Gasteiger partial charge in [-0.2, -0.15) is 13.2 Å². The first-order chi connectivity index (χ1) is 10.8. The number of halogens is 3. The first-order valence-electron chi connectivity index (χ1n) is 6.75. The topological polar surface area (TPSA) is 59.8 Å². The van der Waals surface area contributed by atoms with Crippen LogP contribution >= 0.6 is 11.8 Å². The molecule has 0 unspecified atom stereocenters. The summed E-state index contributed by atoms with van der Waals surface area (Å²) in [6.07, 6.45) is -2.92. The van der Waals surface area contributed by atoms with Crippen molar-refractivity contribution >= 4 is 17.7 Å². The van der Waals surface area contributed by atoms with Crippen molar-refractivity contribution in [2.75, 3.05) is 6.54 Å². The molecule has 9 heteroatoms. The molecule has 1 N–H and O–H groups in total. The van der Waals surface area contributed by atoms with Gasteiger partial charge in [-0.05, 0) is 25.5 Å². The molecule has 0 bridgehead atoms. The number of amides is 1.